The monoisotopic (exact) mass is 256 g/mol. The average molecular weight is 256 g/mol. The molecule has 19 heavy (non-hydrogen) atoms. The highest BCUT2D eigenvalue weighted by Gasteiger charge is 2.09. The van der Waals surface area contributed by atoms with Gasteiger partial charge in [0.05, 0.1) is 0 Å². The summed E-state index contributed by atoms with van der Waals surface area (Å²) in [5, 5.41) is 8.94. The topological polar surface area (TPSA) is 53.4 Å². The van der Waals surface area contributed by atoms with Crippen molar-refractivity contribution in [1.82, 2.24) is 4.98 Å². The Hall–Kier alpha value is -2.36. The van der Waals surface area contributed by atoms with Crippen LogP contribution in [0.3, 0.4) is 0 Å². The van der Waals surface area contributed by atoms with Gasteiger partial charge >= 0.3 is 5.97 Å². The summed E-state index contributed by atoms with van der Waals surface area (Å²) >= 11 is 0. The summed E-state index contributed by atoms with van der Waals surface area (Å²) in [4.78, 5) is 17.0. The Labute approximate surface area is 112 Å². The Kier molecular flexibility index (Phi) is 3.80. The second kappa shape index (κ2) is 5.52. The summed E-state index contributed by atoms with van der Waals surface area (Å²) in [7, 11) is 1.90. The number of hydrogen-bond donors (Lipinski definition) is 1. The number of anilines is 1. The molecule has 1 heterocycles. The molecule has 0 aliphatic rings. The van der Waals surface area contributed by atoms with Gasteiger partial charge in [0.1, 0.15) is 5.82 Å². The minimum Gasteiger partial charge on any atom is -0.477 e. The molecule has 0 radical (unpaired) electrons. The van der Waals surface area contributed by atoms with Crippen molar-refractivity contribution in [1.29, 1.82) is 0 Å². The molecular formula is C15H16N2O2. The van der Waals surface area contributed by atoms with Crippen molar-refractivity contribution >= 4 is 11.8 Å². The number of benzene rings is 1. The normalized spacial score (nSPS) is 10.2. The molecule has 0 unspecified atom stereocenters. The van der Waals surface area contributed by atoms with Crippen molar-refractivity contribution < 1.29 is 9.90 Å². The largest absolute Gasteiger partial charge is 0.477 e. The number of rotatable bonds is 4. The van der Waals surface area contributed by atoms with Crippen molar-refractivity contribution in [3.8, 4) is 0 Å². The van der Waals surface area contributed by atoms with E-state index in [2.05, 4.69) is 24.0 Å². The third-order valence-electron chi connectivity index (χ3n) is 3.01. The minimum absolute atomic E-state index is 0.0640. The summed E-state index contributed by atoms with van der Waals surface area (Å²) in [6.07, 6.45) is 0. The van der Waals surface area contributed by atoms with Gasteiger partial charge in [-0.1, -0.05) is 30.3 Å². The van der Waals surface area contributed by atoms with Crippen LogP contribution in [0.2, 0.25) is 0 Å². The van der Waals surface area contributed by atoms with Crippen LogP contribution in [-0.2, 0) is 6.54 Å². The Bertz CT molecular complexity index is 596. The highest BCUT2D eigenvalue weighted by molar-refractivity contribution is 5.85. The first-order valence-corrected chi connectivity index (χ1v) is 6.04. The number of nitrogens with zero attached hydrogens (tertiary/aromatic N) is 2. The first-order valence-electron chi connectivity index (χ1n) is 6.04. The molecule has 0 saturated carbocycles. The van der Waals surface area contributed by atoms with Crippen LogP contribution in [0.15, 0.2) is 42.5 Å². The van der Waals surface area contributed by atoms with Gasteiger partial charge < -0.3 is 10.0 Å². The van der Waals surface area contributed by atoms with Crippen molar-refractivity contribution in [2.45, 2.75) is 13.5 Å². The van der Waals surface area contributed by atoms with E-state index >= 15 is 0 Å². The van der Waals surface area contributed by atoms with E-state index in [4.69, 9.17) is 5.11 Å². The van der Waals surface area contributed by atoms with Crippen LogP contribution in [0.5, 0.6) is 0 Å². The molecule has 0 fully saturated rings. The number of aromatic carboxylic acids is 1. The van der Waals surface area contributed by atoms with Crippen LogP contribution in [0, 0.1) is 6.92 Å². The molecule has 1 aromatic carbocycles. The minimum atomic E-state index is -1.01. The van der Waals surface area contributed by atoms with Gasteiger partial charge in [-0.2, -0.15) is 0 Å². The van der Waals surface area contributed by atoms with E-state index in [-0.39, 0.29) is 5.69 Å². The molecule has 4 heteroatoms. The predicted octanol–water partition coefficient (Wildman–Crippen LogP) is 2.72. The molecule has 0 spiro atoms. The Balaban J connectivity index is 2.20. The van der Waals surface area contributed by atoms with E-state index in [0.717, 1.165) is 0 Å². The van der Waals surface area contributed by atoms with Crippen LogP contribution in [0.25, 0.3) is 0 Å². The molecule has 0 aliphatic heterocycles. The number of carboxylic acid groups (broad SMARTS) is 1. The number of aromatic nitrogens is 1. The molecule has 0 atom stereocenters. The van der Waals surface area contributed by atoms with Crippen LogP contribution in [-0.4, -0.2) is 23.1 Å². The van der Waals surface area contributed by atoms with Gasteiger partial charge in [-0.3, -0.25) is 0 Å². The highest BCUT2D eigenvalue weighted by atomic mass is 16.4. The molecule has 98 valence electrons. The van der Waals surface area contributed by atoms with E-state index in [1.807, 2.05) is 30.1 Å². The number of carbonyl (C=O) groups is 1. The fourth-order valence-corrected chi connectivity index (χ4v) is 1.88. The second-order valence-corrected chi connectivity index (χ2v) is 4.47. The first-order chi connectivity index (χ1) is 9.08. The van der Waals surface area contributed by atoms with Gasteiger partial charge in [0.2, 0.25) is 0 Å². The van der Waals surface area contributed by atoms with Crippen LogP contribution in [0.1, 0.15) is 21.6 Å². The fourth-order valence-electron chi connectivity index (χ4n) is 1.88. The van der Waals surface area contributed by atoms with E-state index in [1.54, 1.807) is 6.07 Å². The maximum absolute atomic E-state index is 10.9. The number of hydrogen-bond acceptors (Lipinski definition) is 3. The lowest BCUT2D eigenvalue weighted by Crippen LogP contribution is -2.19. The number of pyridine rings is 1. The van der Waals surface area contributed by atoms with Gasteiger partial charge in [-0.25, -0.2) is 9.78 Å². The van der Waals surface area contributed by atoms with Gasteiger partial charge in [0.25, 0.3) is 0 Å². The van der Waals surface area contributed by atoms with E-state index in [9.17, 15) is 4.79 Å². The molecule has 0 amide bonds. The maximum Gasteiger partial charge on any atom is 0.354 e. The predicted molar refractivity (Wildman–Crippen MR) is 74.5 cm³/mol. The molecule has 0 aliphatic carbocycles. The van der Waals surface area contributed by atoms with Crippen molar-refractivity contribution in [2.24, 2.45) is 0 Å². The van der Waals surface area contributed by atoms with Crippen molar-refractivity contribution in [3.05, 3.63) is 59.3 Å². The van der Waals surface area contributed by atoms with Gasteiger partial charge in [0.15, 0.2) is 5.69 Å². The Morgan fingerprint density at radius 3 is 2.63 bits per heavy atom. The maximum atomic E-state index is 10.9. The van der Waals surface area contributed by atoms with E-state index < -0.39 is 5.97 Å². The standard InChI is InChI=1S/C15H16N2O2/c1-11-6-3-4-7-12(11)10-17(2)14-9-5-8-13(16-14)15(18)19/h3-9H,10H2,1-2H3,(H,18,19). The molecule has 2 aromatic rings. The van der Waals surface area contributed by atoms with Crippen molar-refractivity contribution in [3.63, 3.8) is 0 Å². The lowest BCUT2D eigenvalue weighted by atomic mass is 10.1. The summed E-state index contributed by atoms with van der Waals surface area (Å²) in [5.41, 5.74) is 2.48. The summed E-state index contributed by atoms with van der Waals surface area (Å²) in [5.74, 6) is -0.353. The van der Waals surface area contributed by atoms with Gasteiger partial charge in [-0.05, 0) is 30.2 Å². The third kappa shape index (κ3) is 3.10. The van der Waals surface area contributed by atoms with Crippen molar-refractivity contribution in [2.75, 3.05) is 11.9 Å². The molecule has 4 nitrogen and oxygen atoms in total. The summed E-state index contributed by atoms with van der Waals surface area (Å²) < 4.78 is 0. The summed E-state index contributed by atoms with van der Waals surface area (Å²) in [6.45, 7) is 2.76. The van der Waals surface area contributed by atoms with Crippen LogP contribution in [0.4, 0.5) is 5.82 Å². The van der Waals surface area contributed by atoms with E-state index in [1.165, 1.54) is 17.2 Å². The molecule has 0 bridgehead atoms. The SMILES string of the molecule is Cc1ccccc1CN(C)c1cccc(C(=O)O)n1. The highest BCUT2D eigenvalue weighted by Crippen LogP contribution is 2.15. The zero-order chi connectivity index (χ0) is 13.8. The second-order valence-electron chi connectivity index (χ2n) is 4.47. The zero-order valence-electron chi connectivity index (χ0n) is 11.0. The van der Waals surface area contributed by atoms with Crippen LogP contribution >= 0.6 is 0 Å². The Morgan fingerprint density at radius 2 is 1.95 bits per heavy atom. The molecule has 1 N–H and O–H groups in total. The van der Waals surface area contributed by atoms with Crippen LogP contribution < -0.4 is 4.90 Å². The first kappa shape index (κ1) is 13.1. The zero-order valence-corrected chi connectivity index (χ0v) is 11.0. The molecule has 1 aromatic heterocycles. The van der Waals surface area contributed by atoms with E-state index in [0.29, 0.717) is 12.4 Å². The third-order valence-corrected chi connectivity index (χ3v) is 3.01. The lowest BCUT2D eigenvalue weighted by molar-refractivity contribution is 0.0690. The number of carboxylic acids is 1. The Morgan fingerprint density at radius 1 is 1.21 bits per heavy atom. The molecule has 0 saturated heterocycles. The van der Waals surface area contributed by atoms with Gasteiger partial charge in [0, 0.05) is 13.6 Å². The average Bonchev–Trinajstić information content (AvgIpc) is 2.41. The summed E-state index contributed by atoms with van der Waals surface area (Å²) in [6, 6.07) is 13.1. The lowest BCUT2D eigenvalue weighted by Gasteiger charge is -2.19. The van der Waals surface area contributed by atoms with Gasteiger partial charge in [-0.15, -0.1) is 0 Å². The molecular weight excluding hydrogens is 240 g/mol. The number of aryl methyl sites for hydroxylation is 1. The fraction of sp³-hybridized carbons (Fsp3) is 0.200. The smallest absolute Gasteiger partial charge is 0.354 e. The molecule has 2 rings (SSSR count). The quantitative estimate of drug-likeness (QED) is 0.913.